The van der Waals surface area contributed by atoms with Crippen molar-refractivity contribution in [3.05, 3.63) is 89.4 Å². The summed E-state index contributed by atoms with van der Waals surface area (Å²) in [5.74, 6) is -0.532. The van der Waals surface area contributed by atoms with Gasteiger partial charge in [-0.15, -0.1) is 0 Å². The lowest BCUT2D eigenvalue weighted by molar-refractivity contribution is -0.141. The quantitative estimate of drug-likeness (QED) is 0.399. The minimum atomic E-state index is -4.52. The molecule has 6 nitrogen and oxygen atoms in total. The van der Waals surface area contributed by atoms with Crippen LogP contribution in [-0.2, 0) is 23.9 Å². The van der Waals surface area contributed by atoms with Crippen molar-refractivity contribution in [1.82, 2.24) is 14.8 Å². The van der Waals surface area contributed by atoms with Crippen LogP contribution >= 0.6 is 0 Å². The van der Waals surface area contributed by atoms with Crippen molar-refractivity contribution in [3.8, 4) is 0 Å². The fraction of sp³-hybridized carbons (Fsp3) is 0.269. The highest BCUT2D eigenvalue weighted by atomic mass is 19.4. The molecule has 0 bridgehead atoms. The van der Waals surface area contributed by atoms with Crippen molar-refractivity contribution in [2.45, 2.75) is 39.1 Å². The monoisotopic (exact) mass is 482 g/mol. The number of aromatic nitrogens is 3. The molecule has 182 valence electrons. The first kappa shape index (κ1) is 24.4. The van der Waals surface area contributed by atoms with Gasteiger partial charge in [0.05, 0.1) is 11.2 Å². The molecule has 0 saturated carbocycles. The molecule has 2 heterocycles. The highest BCUT2D eigenvalue weighted by molar-refractivity contribution is 5.99. The number of halogens is 3. The minimum Gasteiger partial charge on any atom is -0.378 e. The summed E-state index contributed by atoms with van der Waals surface area (Å²) in [7, 11) is 0. The number of aliphatic hydroxyl groups is 1. The number of nitrogens with zero attached hydrogens (tertiary/aromatic N) is 4. The number of alkyl halides is 3. The molecular weight excluding hydrogens is 457 g/mol. The number of anilines is 1. The van der Waals surface area contributed by atoms with Gasteiger partial charge in [-0.05, 0) is 55.7 Å². The number of carbonyl (C=O) groups excluding carboxylic acids is 1. The Balaban J connectivity index is 1.66. The highest BCUT2D eigenvalue weighted by Gasteiger charge is 2.32. The summed E-state index contributed by atoms with van der Waals surface area (Å²) in [6, 6.07) is 16.4. The van der Waals surface area contributed by atoms with Crippen LogP contribution in [0.25, 0.3) is 10.9 Å². The molecule has 0 radical (unpaired) electrons. The Bertz CT molecular complexity index is 1320. The van der Waals surface area contributed by atoms with E-state index in [4.69, 9.17) is 0 Å². The van der Waals surface area contributed by atoms with E-state index in [1.54, 1.807) is 36.4 Å². The lowest BCUT2D eigenvalue weighted by atomic mass is 10.1. The van der Waals surface area contributed by atoms with E-state index < -0.39 is 23.9 Å². The SMILES string of the molecule is CCn1nc(C)c2cc(N(CCc3ccc(C(F)(F)F)nc3)C(=O)C(O)c3ccccc3)ccc21. The van der Waals surface area contributed by atoms with Gasteiger partial charge >= 0.3 is 6.18 Å². The van der Waals surface area contributed by atoms with E-state index in [2.05, 4.69) is 10.1 Å². The molecule has 1 amide bonds. The van der Waals surface area contributed by atoms with Gasteiger partial charge in [0.25, 0.3) is 5.91 Å². The molecular formula is C26H25F3N4O2. The number of hydrogen-bond donors (Lipinski definition) is 1. The van der Waals surface area contributed by atoms with E-state index in [1.165, 1.54) is 11.0 Å². The second-order valence-corrected chi connectivity index (χ2v) is 8.21. The summed E-state index contributed by atoms with van der Waals surface area (Å²) in [4.78, 5) is 18.4. The number of benzene rings is 2. The fourth-order valence-corrected chi connectivity index (χ4v) is 4.01. The van der Waals surface area contributed by atoms with Crippen molar-refractivity contribution in [2.24, 2.45) is 0 Å². The lowest BCUT2D eigenvalue weighted by Gasteiger charge is -2.26. The number of rotatable bonds is 7. The third-order valence-electron chi connectivity index (χ3n) is 5.88. The largest absolute Gasteiger partial charge is 0.433 e. The number of aryl methyl sites for hydroxylation is 2. The van der Waals surface area contributed by atoms with Crippen LogP contribution in [0.3, 0.4) is 0 Å². The molecule has 2 aromatic heterocycles. The zero-order valence-corrected chi connectivity index (χ0v) is 19.3. The maximum atomic E-state index is 13.4. The zero-order valence-electron chi connectivity index (χ0n) is 19.3. The fourth-order valence-electron chi connectivity index (χ4n) is 4.01. The molecule has 1 N–H and O–H groups in total. The molecule has 9 heteroatoms. The second kappa shape index (κ2) is 9.87. The summed E-state index contributed by atoms with van der Waals surface area (Å²) < 4.78 is 40.4. The summed E-state index contributed by atoms with van der Waals surface area (Å²) in [6.07, 6.45) is -4.49. The van der Waals surface area contributed by atoms with Crippen LogP contribution in [0.2, 0.25) is 0 Å². The van der Waals surface area contributed by atoms with Crippen molar-refractivity contribution in [1.29, 1.82) is 0 Å². The minimum absolute atomic E-state index is 0.141. The number of pyridine rings is 1. The molecule has 0 aliphatic heterocycles. The number of hydrogen-bond acceptors (Lipinski definition) is 4. The van der Waals surface area contributed by atoms with E-state index in [9.17, 15) is 23.1 Å². The summed E-state index contributed by atoms with van der Waals surface area (Å²) >= 11 is 0. The van der Waals surface area contributed by atoms with Crippen molar-refractivity contribution < 1.29 is 23.1 Å². The maximum Gasteiger partial charge on any atom is 0.433 e. The van der Waals surface area contributed by atoms with Crippen LogP contribution in [0.4, 0.5) is 18.9 Å². The normalized spacial score (nSPS) is 12.6. The molecule has 1 atom stereocenters. The van der Waals surface area contributed by atoms with Gasteiger partial charge < -0.3 is 10.0 Å². The van der Waals surface area contributed by atoms with Gasteiger partial charge in [-0.3, -0.25) is 14.5 Å². The molecule has 2 aromatic carbocycles. The van der Waals surface area contributed by atoms with E-state index >= 15 is 0 Å². The summed E-state index contributed by atoms with van der Waals surface area (Å²) in [5, 5.41) is 16.2. The Kier molecular flexibility index (Phi) is 6.88. The highest BCUT2D eigenvalue weighted by Crippen LogP contribution is 2.29. The van der Waals surface area contributed by atoms with Gasteiger partial charge in [0.1, 0.15) is 5.69 Å². The van der Waals surface area contributed by atoms with Gasteiger partial charge in [-0.25, -0.2) is 0 Å². The predicted octanol–water partition coefficient (Wildman–Crippen LogP) is 5.09. The first-order valence-electron chi connectivity index (χ1n) is 11.2. The first-order chi connectivity index (χ1) is 16.7. The Labute approximate surface area is 200 Å². The van der Waals surface area contributed by atoms with Crippen LogP contribution in [0.5, 0.6) is 0 Å². The average molecular weight is 483 g/mol. The number of aliphatic hydroxyl groups excluding tert-OH is 1. The van der Waals surface area contributed by atoms with Gasteiger partial charge in [0.2, 0.25) is 0 Å². The third kappa shape index (κ3) is 5.19. The van der Waals surface area contributed by atoms with Crippen LogP contribution < -0.4 is 4.90 Å². The van der Waals surface area contributed by atoms with E-state index in [1.807, 2.05) is 30.7 Å². The molecule has 0 fully saturated rings. The predicted molar refractivity (Wildman–Crippen MR) is 127 cm³/mol. The number of fused-ring (bicyclic) bond motifs is 1. The van der Waals surface area contributed by atoms with Crippen LogP contribution in [0.1, 0.15) is 35.5 Å². The zero-order chi connectivity index (χ0) is 25.2. The van der Waals surface area contributed by atoms with Gasteiger partial charge in [-0.1, -0.05) is 36.4 Å². The van der Waals surface area contributed by atoms with Gasteiger partial charge in [0.15, 0.2) is 6.10 Å². The van der Waals surface area contributed by atoms with Crippen molar-refractivity contribution in [3.63, 3.8) is 0 Å². The lowest BCUT2D eigenvalue weighted by Crippen LogP contribution is -2.37. The van der Waals surface area contributed by atoms with Crippen molar-refractivity contribution in [2.75, 3.05) is 11.4 Å². The van der Waals surface area contributed by atoms with Crippen LogP contribution in [0.15, 0.2) is 66.9 Å². The maximum absolute atomic E-state index is 13.4. The molecule has 0 aliphatic carbocycles. The Morgan fingerprint density at radius 1 is 1.11 bits per heavy atom. The molecule has 0 aliphatic rings. The van der Waals surface area contributed by atoms with E-state index in [0.29, 0.717) is 23.4 Å². The molecule has 4 aromatic rings. The van der Waals surface area contributed by atoms with Crippen LogP contribution in [-0.4, -0.2) is 32.3 Å². The van der Waals surface area contributed by atoms with Gasteiger partial charge in [0, 0.05) is 30.4 Å². The Morgan fingerprint density at radius 2 is 1.86 bits per heavy atom. The Hall–Kier alpha value is -3.72. The number of carbonyl (C=O) groups is 1. The standard InChI is InChI=1S/C26H25F3N4O2/c1-3-33-22-11-10-20(15-21(22)17(2)31-33)32(25(35)24(34)19-7-5-4-6-8-19)14-13-18-9-12-23(30-16-18)26(27,28)29/h4-12,15-16,24,34H,3,13-14H2,1-2H3. The van der Waals surface area contributed by atoms with E-state index in [0.717, 1.165) is 28.9 Å². The average Bonchev–Trinajstić information content (AvgIpc) is 3.19. The second-order valence-electron chi connectivity index (χ2n) is 8.21. The molecule has 1 unspecified atom stereocenters. The van der Waals surface area contributed by atoms with Crippen LogP contribution in [0, 0.1) is 6.92 Å². The summed E-state index contributed by atoms with van der Waals surface area (Å²) in [5.41, 5.74) is 2.33. The third-order valence-corrected chi connectivity index (χ3v) is 5.88. The molecule has 0 saturated heterocycles. The first-order valence-corrected chi connectivity index (χ1v) is 11.2. The summed E-state index contributed by atoms with van der Waals surface area (Å²) in [6.45, 7) is 4.71. The molecule has 0 spiro atoms. The van der Waals surface area contributed by atoms with Crippen molar-refractivity contribution >= 4 is 22.5 Å². The van der Waals surface area contributed by atoms with Gasteiger partial charge in [-0.2, -0.15) is 18.3 Å². The molecule has 4 rings (SSSR count). The molecule has 35 heavy (non-hydrogen) atoms. The Morgan fingerprint density at radius 3 is 2.49 bits per heavy atom. The smallest absolute Gasteiger partial charge is 0.378 e. The number of amides is 1. The van der Waals surface area contributed by atoms with E-state index in [-0.39, 0.29) is 13.0 Å². The topological polar surface area (TPSA) is 71.2 Å².